The summed E-state index contributed by atoms with van der Waals surface area (Å²) >= 11 is 1.42. The second-order valence-electron chi connectivity index (χ2n) is 10.5. The predicted molar refractivity (Wildman–Crippen MR) is 141 cm³/mol. The molecule has 0 bridgehead atoms. The summed E-state index contributed by atoms with van der Waals surface area (Å²) in [5.74, 6) is -0.295. The van der Waals surface area contributed by atoms with Crippen LogP contribution in [0.3, 0.4) is 0 Å². The van der Waals surface area contributed by atoms with Gasteiger partial charge >= 0.3 is 0 Å². The van der Waals surface area contributed by atoms with Gasteiger partial charge in [0.1, 0.15) is 12.1 Å². The Morgan fingerprint density at radius 3 is 2.57 bits per heavy atom. The average molecular weight is 526 g/mol. The molecule has 2 heterocycles. The second-order valence-corrected chi connectivity index (χ2v) is 11.2. The number of nitrogens with one attached hydrogen (secondary N) is 3. The summed E-state index contributed by atoms with van der Waals surface area (Å²) in [7, 11) is 0. The minimum atomic E-state index is -1.05. The maximum atomic E-state index is 13.6. The van der Waals surface area contributed by atoms with Crippen LogP contribution in [0.2, 0.25) is 0 Å². The van der Waals surface area contributed by atoms with Crippen LogP contribution in [0.1, 0.15) is 67.7 Å². The van der Waals surface area contributed by atoms with Gasteiger partial charge in [0.15, 0.2) is 5.82 Å². The lowest BCUT2D eigenvalue weighted by Gasteiger charge is -2.33. The maximum absolute atomic E-state index is 13.6. The van der Waals surface area contributed by atoms with Gasteiger partial charge in [0.25, 0.3) is 5.91 Å². The Balaban J connectivity index is 1.32. The number of fused-ring (bicyclic) bond motifs is 1. The number of benzene rings is 1. The summed E-state index contributed by atoms with van der Waals surface area (Å²) < 4.78 is 0. The number of amides is 2. The number of para-hydroxylation sites is 2. The van der Waals surface area contributed by atoms with Crippen molar-refractivity contribution < 1.29 is 19.8 Å². The monoisotopic (exact) mass is 525 g/mol. The third-order valence-electron chi connectivity index (χ3n) is 7.63. The average Bonchev–Trinajstić information content (AvgIpc) is 3.45. The fourth-order valence-corrected chi connectivity index (χ4v) is 5.92. The van der Waals surface area contributed by atoms with Gasteiger partial charge in [-0.15, -0.1) is 11.3 Å². The SMILES string of the molecule is O=C(N[C@H](Cc1cscn1)C(=O)N[C@@H](CC1CCCCC1)[C@@H](O)[C@H](O)C1CC1)c1nc2ccccc2[nH]1. The number of aromatic nitrogens is 3. The third kappa shape index (κ3) is 6.55. The number of rotatable bonds is 11. The van der Waals surface area contributed by atoms with Gasteiger partial charge in [-0.2, -0.15) is 0 Å². The predicted octanol–water partition coefficient (Wildman–Crippen LogP) is 2.95. The topological polar surface area (TPSA) is 140 Å². The van der Waals surface area contributed by atoms with E-state index in [1.165, 1.54) is 17.8 Å². The Hall–Kier alpha value is -2.82. The molecular weight excluding hydrogens is 490 g/mol. The summed E-state index contributed by atoms with van der Waals surface area (Å²) in [6, 6.07) is 5.84. The standard InChI is InChI=1S/C27H35N5O4S/c33-23(17-10-11-17)24(34)21(12-16-6-2-1-3-7-16)31-26(35)22(13-18-14-37-15-28-18)32-27(36)25-29-19-8-4-5-9-20(19)30-25/h4-5,8-9,14-17,21-24,33-34H,1-3,6-7,10-13H2,(H,29,30)(H,31,35)(H,32,36)/t21-,22+,23+,24+/m0/s1. The lowest BCUT2D eigenvalue weighted by Crippen LogP contribution is -2.56. The lowest BCUT2D eigenvalue weighted by molar-refractivity contribution is -0.125. The van der Waals surface area contributed by atoms with E-state index in [1.54, 1.807) is 5.51 Å². The van der Waals surface area contributed by atoms with E-state index >= 15 is 0 Å². The number of aromatic amines is 1. The van der Waals surface area contributed by atoms with Crippen molar-refractivity contribution in [2.45, 2.75) is 82.1 Å². The van der Waals surface area contributed by atoms with Gasteiger partial charge in [0.05, 0.1) is 34.4 Å². The molecular formula is C27H35N5O4S. The number of aliphatic hydroxyl groups excluding tert-OH is 2. The first-order valence-electron chi connectivity index (χ1n) is 13.3. The van der Waals surface area contributed by atoms with E-state index in [0.29, 0.717) is 23.5 Å². The number of hydrogen-bond acceptors (Lipinski definition) is 7. The Labute approximate surface area is 220 Å². The highest BCUT2D eigenvalue weighted by Crippen LogP contribution is 2.36. The van der Waals surface area contributed by atoms with Crippen LogP contribution in [0.15, 0.2) is 35.2 Å². The molecule has 2 saturated carbocycles. The molecule has 4 atom stereocenters. The fraction of sp³-hybridized carbons (Fsp3) is 0.556. The van der Waals surface area contributed by atoms with Gasteiger partial charge in [0.2, 0.25) is 5.91 Å². The van der Waals surface area contributed by atoms with Crippen LogP contribution in [0, 0.1) is 11.8 Å². The zero-order chi connectivity index (χ0) is 25.8. The highest BCUT2D eigenvalue weighted by atomic mass is 32.1. The van der Waals surface area contributed by atoms with Crippen molar-refractivity contribution in [3.05, 3.63) is 46.7 Å². The number of carbonyl (C=O) groups excluding carboxylic acids is 2. The Kier molecular flexibility index (Phi) is 8.17. The van der Waals surface area contributed by atoms with E-state index in [1.807, 2.05) is 29.6 Å². The van der Waals surface area contributed by atoms with Crippen LogP contribution in [0.4, 0.5) is 0 Å². The first-order valence-corrected chi connectivity index (χ1v) is 14.2. The highest BCUT2D eigenvalue weighted by molar-refractivity contribution is 7.07. The van der Waals surface area contributed by atoms with Gasteiger partial charge in [0, 0.05) is 11.8 Å². The molecule has 9 nitrogen and oxygen atoms in total. The zero-order valence-electron chi connectivity index (χ0n) is 20.8. The third-order valence-corrected chi connectivity index (χ3v) is 8.27. The molecule has 10 heteroatoms. The van der Waals surface area contributed by atoms with Crippen LogP contribution in [-0.2, 0) is 11.2 Å². The molecule has 0 saturated heterocycles. The number of carbonyl (C=O) groups is 2. The molecule has 198 valence electrons. The molecule has 37 heavy (non-hydrogen) atoms. The molecule has 5 rings (SSSR count). The molecule has 0 spiro atoms. The first kappa shape index (κ1) is 25.8. The van der Waals surface area contributed by atoms with Gasteiger partial charge < -0.3 is 25.8 Å². The largest absolute Gasteiger partial charge is 0.390 e. The van der Waals surface area contributed by atoms with E-state index in [0.717, 1.165) is 44.0 Å². The summed E-state index contributed by atoms with van der Waals surface area (Å²) in [6.07, 6.45) is 6.30. The highest BCUT2D eigenvalue weighted by Gasteiger charge is 2.40. The summed E-state index contributed by atoms with van der Waals surface area (Å²) in [6.45, 7) is 0. The molecule has 2 aliphatic carbocycles. The van der Waals surface area contributed by atoms with Crippen molar-refractivity contribution in [1.29, 1.82) is 0 Å². The Bertz CT molecular complexity index is 1160. The molecule has 0 aliphatic heterocycles. The van der Waals surface area contributed by atoms with Crippen LogP contribution >= 0.6 is 11.3 Å². The molecule has 2 aliphatic rings. The normalized spacial score (nSPS) is 19.7. The molecule has 0 radical (unpaired) electrons. The van der Waals surface area contributed by atoms with Gasteiger partial charge in [-0.1, -0.05) is 44.2 Å². The van der Waals surface area contributed by atoms with Gasteiger partial charge in [-0.25, -0.2) is 9.97 Å². The molecule has 0 unspecified atom stereocenters. The maximum Gasteiger partial charge on any atom is 0.287 e. The van der Waals surface area contributed by atoms with Crippen LogP contribution < -0.4 is 10.6 Å². The van der Waals surface area contributed by atoms with Crippen molar-refractivity contribution in [3.63, 3.8) is 0 Å². The van der Waals surface area contributed by atoms with E-state index in [9.17, 15) is 19.8 Å². The summed E-state index contributed by atoms with van der Waals surface area (Å²) in [4.78, 5) is 38.4. The summed E-state index contributed by atoms with van der Waals surface area (Å²) in [5.41, 5.74) is 3.78. The van der Waals surface area contributed by atoms with E-state index in [2.05, 4.69) is 25.6 Å². The molecule has 1 aromatic carbocycles. The number of H-pyrrole nitrogens is 1. The minimum Gasteiger partial charge on any atom is -0.390 e. The second kappa shape index (κ2) is 11.7. The van der Waals surface area contributed by atoms with Crippen molar-refractivity contribution in [1.82, 2.24) is 25.6 Å². The lowest BCUT2D eigenvalue weighted by atomic mass is 9.82. The van der Waals surface area contributed by atoms with Crippen molar-refractivity contribution in [2.24, 2.45) is 11.8 Å². The van der Waals surface area contributed by atoms with Crippen LogP contribution in [0.5, 0.6) is 0 Å². The number of thiazole rings is 1. The zero-order valence-corrected chi connectivity index (χ0v) is 21.6. The summed E-state index contributed by atoms with van der Waals surface area (Å²) in [5, 5.41) is 29.4. The number of imidazole rings is 1. The number of aliphatic hydroxyl groups is 2. The van der Waals surface area contributed by atoms with Crippen molar-refractivity contribution in [2.75, 3.05) is 0 Å². The Morgan fingerprint density at radius 1 is 1.08 bits per heavy atom. The van der Waals surface area contributed by atoms with Gasteiger partial charge in [-0.3, -0.25) is 9.59 Å². The van der Waals surface area contributed by atoms with Gasteiger partial charge in [-0.05, 0) is 43.2 Å². The van der Waals surface area contributed by atoms with E-state index < -0.39 is 36.1 Å². The van der Waals surface area contributed by atoms with Crippen LogP contribution in [-0.4, -0.2) is 61.3 Å². The quantitative estimate of drug-likeness (QED) is 0.261. The first-order chi connectivity index (χ1) is 18.0. The molecule has 2 fully saturated rings. The molecule has 3 aromatic rings. The van der Waals surface area contributed by atoms with Crippen molar-refractivity contribution >= 4 is 34.2 Å². The van der Waals surface area contributed by atoms with Crippen molar-refractivity contribution in [3.8, 4) is 0 Å². The smallest absolute Gasteiger partial charge is 0.287 e. The molecule has 5 N–H and O–H groups in total. The van der Waals surface area contributed by atoms with E-state index in [-0.39, 0.29) is 18.2 Å². The molecule has 2 amide bonds. The molecule has 2 aromatic heterocycles. The van der Waals surface area contributed by atoms with Crippen LogP contribution in [0.25, 0.3) is 11.0 Å². The Morgan fingerprint density at radius 2 is 1.86 bits per heavy atom. The minimum absolute atomic E-state index is 0.0827. The number of hydrogen-bond donors (Lipinski definition) is 5. The fourth-order valence-electron chi connectivity index (χ4n) is 5.35. The van der Waals surface area contributed by atoms with E-state index in [4.69, 9.17) is 0 Å². The number of nitrogens with zero attached hydrogens (tertiary/aromatic N) is 2.